The summed E-state index contributed by atoms with van der Waals surface area (Å²) in [5, 5.41) is 3.30. The van der Waals surface area contributed by atoms with E-state index in [1.807, 2.05) is 18.3 Å². The number of hydrogen-bond donors (Lipinski definition) is 1. The van der Waals surface area contributed by atoms with Gasteiger partial charge < -0.3 is 9.88 Å². The molecule has 0 unspecified atom stereocenters. The molecule has 0 saturated heterocycles. The van der Waals surface area contributed by atoms with Gasteiger partial charge in [-0.1, -0.05) is 13.8 Å². The van der Waals surface area contributed by atoms with Crippen LogP contribution < -0.4 is 5.32 Å². The molecule has 0 aromatic carbocycles. The van der Waals surface area contributed by atoms with Gasteiger partial charge in [0.1, 0.15) is 11.3 Å². The van der Waals surface area contributed by atoms with Crippen molar-refractivity contribution in [3.63, 3.8) is 0 Å². The minimum absolute atomic E-state index is 0.496. The predicted molar refractivity (Wildman–Crippen MR) is 90.2 cm³/mol. The van der Waals surface area contributed by atoms with Crippen molar-refractivity contribution in [3.8, 4) is 11.4 Å². The smallest absolute Gasteiger partial charge is 0.224 e. The Kier molecular flexibility index (Phi) is 3.44. The predicted octanol–water partition coefficient (Wildman–Crippen LogP) is 3.29. The average Bonchev–Trinajstić information content (AvgIpc) is 3.33. The van der Waals surface area contributed by atoms with Gasteiger partial charge in [0.15, 0.2) is 5.65 Å². The summed E-state index contributed by atoms with van der Waals surface area (Å²) < 4.78 is 2.26. The van der Waals surface area contributed by atoms with Gasteiger partial charge in [0.2, 0.25) is 5.95 Å². The Hall–Kier alpha value is -2.50. The lowest BCUT2D eigenvalue weighted by atomic mass is 10.2. The van der Waals surface area contributed by atoms with Crippen LogP contribution in [-0.2, 0) is 0 Å². The van der Waals surface area contributed by atoms with Gasteiger partial charge in [0.05, 0.1) is 6.20 Å². The Morgan fingerprint density at radius 2 is 2.00 bits per heavy atom. The zero-order valence-electron chi connectivity index (χ0n) is 13.4. The number of pyridine rings is 1. The molecule has 1 fully saturated rings. The summed E-state index contributed by atoms with van der Waals surface area (Å²) >= 11 is 0. The van der Waals surface area contributed by atoms with Gasteiger partial charge in [0.25, 0.3) is 0 Å². The fourth-order valence-corrected chi connectivity index (χ4v) is 2.65. The molecule has 0 aliphatic heterocycles. The summed E-state index contributed by atoms with van der Waals surface area (Å²) in [5.74, 6) is 2.18. The third-order valence-electron chi connectivity index (χ3n) is 3.95. The van der Waals surface area contributed by atoms with Crippen LogP contribution in [0.2, 0.25) is 0 Å². The zero-order valence-corrected chi connectivity index (χ0v) is 13.4. The average molecular weight is 308 g/mol. The molecule has 1 saturated carbocycles. The first-order valence-corrected chi connectivity index (χ1v) is 8.11. The van der Waals surface area contributed by atoms with E-state index in [2.05, 4.69) is 33.7 Å². The number of anilines is 1. The van der Waals surface area contributed by atoms with Gasteiger partial charge in [-0.15, -0.1) is 0 Å². The molecule has 4 rings (SSSR count). The largest absolute Gasteiger partial charge is 0.354 e. The Balaban J connectivity index is 1.80. The first-order chi connectivity index (χ1) is 11.2. The molecule has 23 heavy (non-hydrogen) atoms. The van der Waals surface area contributed by atoms with Crippen LogP contribution in [0.25, 0.3) is 22.6 Å². The lowest BCUT2D eigenvalue weighted by Gasteiger charge is -2.09. The third-order valence-corrected chi connectivity index (χ3v) is 3.95. The Bertz CT molecular complexity index is 820. The monoisotopic (exact) mass is 308 g/mol. The summed E-state index contributed by atoms with van der Waals surface area (Å²) in [4.78, 5) is 18.0. The number of nitrogens with one attached hydrogen (secondary N) is 1. The van der Waals surface area contributed by atoms with Crippen LogP contribution in [0.1, 0.15) is 32.7 Å². The maximum Gasteiger partial charge on any atom is 0.224 e. The zero-order chi connectivity index (χ0) is 15.8. The highest BCUT2D eigenvalue weighted by Gasteiger charge is 2.29. The Labute approximate surface area is 135 Å². The van der Waals surface area contributed by atoms with Gasteiger partial charge in [0, 0.05) is 30.5 Å². The molecule has 6 heteroatoms. The summed E-state index contributed by atoms with van der Waals surface area (Å²) in [6.45, 7) is 5.20. The molecular formula is C17H20N6. The van der Waals surface area contributed by atoms with Crippen molar-refractivity contribution in [2.75, 3.05) is 11.9 Å². The first-order valence-electron chi connectivity index (χ1n) is 8.11. The number of hydrogen-bond acceptors (Lipinski definition) is 5. The summed E-state index contributed by atoms with van der Waals surface area (Å²) in [7, 11) is 0. The highest BCUT2D eigenvalue weighted by molar-refractivity contribution is 5.77. The summed E-state index contributed by atoms with van der Waals surface area (Å²) in [6, 6.07) is 4.48. The number of rotatable bonds is 5. The first kappa shape index (κ1) is 14.1. The van der Waals surface area contributed by atoms with Crippen LogP contribution in [0.3, 0.4) is 0 Å². The minimum Gasteiger partial charge on any atom is -0.354 e. The van der Waals surface area contributed by atoms with E-state index in [9.17, 15) is 0 Å². The molecule has 0 amide bonds. The van der Waals surface area contributed by atoms with Crippen LogP contribution in [0.5, 0.6) is 0 Å². The topological polar surface area (TPSA) is 68.5 Å². The summed E-state index contributed by atoms with van der Waals surface area (Å²) in [6.07, 6.45) is 7.78. The third kappa shape index (κ3) is 2.76. The van der Waals surface area contributed by atoms with Crippen LogP contribution >= 0.6 is 0 Å². The molecule has 0 bridgehead atoms. The number of nitrogens with zero attached hydrogens (tertiary/aromatic N) is 5. The molecular weight excluding hydrogens is 288 g/mol. The molecule has 0 spiro atoms. The number of aromatic nitrogens is 5. The highest BCUT2D eigenvalue weighted by Crippen LogP contribution is 2.40. The van der Waals surface area contributed by atoms with Crippen molar-refractivity contribution in [3.05, 3.63) is 30.7 Å². The maximum absolute atomic E-state index is 4.76. The van der Waals surface area contributed by atoms with Crippen molar-refractivity contribution in [2.24, 2.45) is 5.92 Å². The number of fused-ring (bicyclic) bond motifs is 1. The van der Waals surface area contributed by atoms with E-state index >= 15 is 0 Å². The molecule has 3 heterocycles. The van der Waals surface area contributed by atoms with E-state index < -0.39 is 0 Å². The highest BCUT2D eigenvalue weighted by atomic mass is 15.2. The van der Waals surface area contributed by atoms with Crippen LogP contribution in [0.15, 0.2) is 30.7 Å². The van der Waals surface area contributed by atoms with E-state index in [4.69, 9.17) is 9.97 Å². The molecule has 118 valence electrons. The van der Waals surface area contributed by atoms with Gasteiger partial charge in [-0.25, -0.2) is 9.97 Å². The maximum atomic E-state index is 4.76. The fourth-order valence-electron chi connectivity index (χ4n) is 2.65. The lowest BCUT2D eigenvalue weighted by molar-refractivity contribution is 0.684. The van der Waals surface area contributed by atoms with Crippen LogP contribution in [0, 0.1) is 5.92 Å². The Morgan fingerprint density at radius 3 is 2.70 bits per heavy atom. The van der Waals surface area contributed by atoms with Crippen molar-refractivity contribution in [2.45, 2.75) is 32.7 Å². The molecule has 1 N–H and O–H groups in total. The second-order valence-electron chi connectivity index (χ2n) is 6.45. The van der Waals surface area contributed by atoms with E-state index in [1.54, 1.807) is 12.4 Å². The molecule has 6 nitrogen and oxygen atoms in total. The van der Waals surface area contributed by atoms with Crippen molar-refractivity contribution in [1.82, 2.24) is 24.5 Å². The van der Waals surface area contributed by atoms with Crippen molar-refractivity contribution in [1.29, 1.82) is 0 Å². The quantitative estimate of drug-likeness (QED) is 0.783. The molecule has 3 aromatic rings. The summed E-state index contributed by atoms with van der Waals surface area (Å²) in [5.41, 5.74) is 2.83. The van der Waals surface area contributed by atoms with Crippen LogP contribution in [-0.4, -0.2) is 31.0 Å². The second kappa shape index (κ2) is 5.61. The lowest BCUT2D eigenvalue weighted by Crippen LogP contribution is -2.11. The SMILES string of the molecule is CC(C)CNc1ncc2nc(-c3ccncc3)n(C3CC3)c2n1. The molecule has 3 aromatic heterocycles. The van der Waals surface area contributed by atoms with Crippen molar-refractivity contribution < 1.29 is 0 Å². The van der Waals surface area contributed by atoms with Gasteiger partial charge >= 0.3 is 0 Å². The van der Waals surface area contributed by atoms with Gasteiger partial charge in [-0.05, 0) is 30.9 Å². The van der Waals surface area contributed by atoms with E-state index in [1.165, 1.54) is 12.8 Å². The molecule has 1 aliphatic rings. The van der Waals surface area contributed by atoms with Crippen LogP contribution in [0.4, 0.5) is 5.95 Å². The van der Waals surface area contributed by atoms with E-state index in [0.29, 0.717) is 17.9 Å². The molecule has 0 radical (unpaired) electrons. The molecule has 0 atom stereocenters. The van der Waals surface area contributed by atoms with E-state index in [0.717, 1.165) is 29.1 Å². The standard InChI is InChI=1S/C17H20N6/c1-11(2)9-19-17-20-10-14-16(22-17)23(13-3-4-13)15(21-14)12-5-7-18-8-6-12/h5-8,10-11,13H,3-4,9H2,1-2H3,(H,19,20,22). The Morgan fingerprint density at radius 1 is 1.22 bits per heavy atom. The van der Waals surface area contributed by atoms with Crippen molar-refractivity contribution >= 4 is 17.1 Å². The minimum atomic E-state index is 0.496. The van der Waals surface area contributed by atoms with Gasteiger partial charge in [-0.2, -0.15) is 4.98 Å². The normalized spacial score (nSPS) is 14.6. The van der Waals surface area contributed by atoms with E-state index in [-0.39, 0.29) is 0 Å². The number of imidazole rings is 1. The van der Waals surface area contributed by atoms with Gasteiger partial charge in [-0.3, -0.25) is 4.98 Å². The second-order valence-corrected chi connectivity index (χ2v) is 6.45. The molecule has 1 aliphatic carbocycles. The fraction of sp³-hybridized carbons (Fsp3) is 0.412.